The fourth-order valence-electron chi connectivity index (χ4n) is 3.23. The number of hydrogen-bond donors (Lipinski definition) is 0. The topological polar surface area (TPSA) is 52.0 Å². The van der Waals surface area contributed by atoms with E-state index >= 15 is 0 Å². The Morgan fingerprint density at radius 2 is 2.19 bits per heavy atom. The third kappa shape index (κ3) is 3.01. The monoisotopic (exact) mass is 370 g/mol. The molecule has 6 heteroatoms. The second-order valence-corrected chi connectivity index (χ2v) is 8.75. The molecule has 4 nitrogen and oxygen atoms in total. The first-order valence-corrected chi connectivity index (χ1v) is 10.1. The average molecular weight is 371 g/mol. The Bertz CT molecular complexity index is 754. The lowest BCUT2D eigenvalue weighted by Crippen LogP contribution is -2.20. The van der Waals surface area contributed by atoms with Crippen molar-refractivity contribution in [3.05, 3.63) is 30.0 Å². The Balaban J connectivity index is 1.86. The number of benzene rings is 1. The molecule has 0 aliphatic carbocycles. The van der Waals surface area contributed by atoms with Crippen LogP contribution >= 0.6 is 15.9 Å². The van der Waals surface area contributed by atoms with E-state index in [9.17, 15) is 8.42 Å². The van der Waals surface area contributed by atoms with E-state index in [1.807, 2.05) is 23.9 Å². The van der Waals surface area contributed by atoms with Crippen molar-refractivity contribution in [2.24, 2.45) is 18.9 Å². The minimum atomic E-state index is -2.83. The molecule has 1 aromatic heterocycles. The molecule has 0 N–H and O–H groups in total. The van der Waals surface area contributed by atoms with E-state index < -0.39 is 9.84 Å². The molecule has 2 aromatic rings. The van der Waals surface area contributed by atoms with Crippen molar-refractivity contribution in [2.45, 2.75) is 12.8 Å². The summed E-state index contributed by atoms with van der Waals surface area (Å²) in [7, 11) is -0.873. The van der Waals surface area contributed by atoms with Crippen molar-refractivity contribution in [3.63, 3.8) is 0 Å². The van der Waals surface area contributed by atoms with Crippen LogP contribution in [0, 0.1) is 11.8 Å². The lowest BCUT2D eigenvalue weighted by Gasteiger charge is -2.19. The van der Waals surface area contributed by atoms with Crippen molar-refractivity contribution in [1.29, 1.82) is 0 Å². The largest absolute Gasteiger partial charge is 0.268 e. The van der Waals surface area contributed by atoms with Gasteiger partial charge < -0.3 is 0 Å². The number of fused-ring (bicyclic) bond motifs is 1. The second kappa shape index (κ2) is 5.72. The molecule has 0 spiro atoms. The second-order valence-electron chi connectivity index (χ2n) is 5.87. The minimum Gasteiger partial charge on any atom is -0.268 e. The van der Waals surface area contributed by atoms with Gasteiger partial charge in [-0.2, -0.15) is 5.10 Å². The molecule has 0 bridgehead atoms. The number of hydrogen-bond acceptors (Lipinski definition) is 3. The highest BCUT2D eigenvalue weighted by molar-refractivity contribution is 9.09. The predicted molar refractivity (Wildman–Crippen MR) is 88.5 cm³/mol. The van der Waals surface area contributed by atoms with Crippen molar-refractivity contribution in [2.75, 3.05) is 16.8 Å². The third-order valence-electron chi connectivity index (χ3n) is 4.42. The third-order valence-corrected chi connectivity index (χ3v) is 7.05. The molecule has 21 heavy (non-hydrogen) atoms. The molecule has 2 heterocycles. The van der Waals surface area contributed by atoms with Gasteiger partial charge in [0.15, 0.2) is 9.84 Å². The Morgan fingerprint density at radius 1 is 1.43 bits per heavy atom. The van der Waals surface area contributed by atoms with E-state index in [0.717, 1.165) is 29.4 Å². The Labute approximate surface area is 133 Å². The van der Waals surface area contributed by atoms with Gasteiger partial charge in [-0.05, 0) is 30.7 Å². The van der Waals surface area contributed by atoms with Gasteiger partial charge in [0.05, 0.1) is 22.7 Å². The minimum absolute atomic E-state index is 0.246. The van der Waals surface area contributed by atoms with Gasteiger partial charge in [0, 0.05) is 17.8 Å². The zero-order chi connectivity index (χ0) is 15.0. The van der Waals surface area contributed by atoms with Crippen LogP contribution in [-0.2, 0) is 23.3 Å². The Morgan fingerprint density at radius 3 is 2.86 bits per heavy atom. The first kappa shape index (κ1) is 15.0. The number of alkyl halides is 1. The number of rotatable bonds is 4. The van der Waals surface area contributed by atoms with Crippen LogP contribution in [0.4, 0.5) is 0 Å². The molecule has 1 aliphatic rings. The van der Waals surface area contributed by atoms with Gasteiger partial charge in [0.25, 0.3) is 0 Å². The molecule has 0 saturated carbocycles. The van der Waals surface area contributed by atoms with Crippen LogP contribution in [0.5, 0.6) is 0 Å². The van der Waals surface area contributed by atoms with Crippen LogP contribution in [-0.4, -0.2) is 35.0 Å². The van der Waals surface area contributed by atoms with Gasteiger partial charge in [-0.25, -0.2) is 8.42 Å². The number of aromatic nitrogens is 2. The lowest BCUT2D eigenvalue weighted by molar-refractivity contribution is 0.398. The maximum atomic E-state index is 11.7. The molecule has 1 aromatic carbocycles. The van der Waals surface area contributed by atoms with E-state index in [2.05, 4.69) is 33.2 Å². The van der Waals surface area contributed by atoms with Gasteiger partial charge in [-0.3, -0.25) is 4.68 Å². The summed E-state index contributed by atoms with van der Waals surface area (Å²) >= 11 is 3.56. The van der Waals surface area contributed by atoms with E-state index in [1.165, 1.54) is 5.39 Å². The summed E-state index contributed by atoms with van der Waals surface area (Å²) in [5.74, 6) is 1.23. The summed E-state index contributed by atoms with van der Waals surface area (Å²) in [6.07, 6.45) is 1.61. The quantitative estimate of drug-likeness (QED) is 0.777. The Kier molecular flexibility index (Phi) is 4.10. The maximum absolute atomic E-state index is 11.7. The molecule has 0 amide bonds. The molecule has 114 valence electrons. The van der Waals surface area contributed by atoms with Crippen LogP contribution in [0.3, 0.4) is 0 Å². The molecular formula is C15H19BrN2O2S. The molecule has 1 fully saturated rings. The van der Waals surface area contributed by atoms with Gasteiger partial charge in [-0.15, -0.1) is 0 Å². The summed E-state index contributed by atoms with van der Waals surface area (Å²) in [6, 6.07) is 8.19. The molecule has 1 aliphatic heterocycles. The van der Waals surface area contributed by atoms with E-state index in [4.69, 9.17) is 0 Å². The van der Waals surface area contributed by atoms with E-state index in [-0.39, 0.29) is 5.92 Å². The number of nitrogens with zero attached hydrogens (tertiary/aromatic N) is 2. The standard InChI is InChI=1S/C15H19BrN2O2S/c1-18-15-5-3-2-4-13(15)14(17-18)8-12(9-16)11-6-7-21(19,20)10-11/h2-5,11-12H,6-10H2,1H3. The Hall–Kier alpha value is -0.880. The van der Waals surface area contributed by atoms with Crippen LogP contribution in [0.2, 0.25) is 0 Å². The number of sulfone groups is 1. The zero-order valence-corrected chi connectivity index (χ0v) is 14.4. The number of halogens is 1. The smallest absolute Gasteiger partial charge is 0.150 e. The highest BCUT2D eigenvalue weighted by atomic mass is 79.9. The summed E-state index contributed by atoms with van der Waals surface area (Å²) in [5.41, 5.74) is 2.20. The SMILES string of the molecule is Cn1nc(CC(CBr)C2CCS(=O)(=O)C2)c2ccccc21. The van der Waals surface area contributed by atoms with Crippen LogP contribution in [0.15, 0.2) is 24.3 Å². The highest BCUT2D eigenvalue weighted by Crippen LogP contribution is 2.31. The highest BCUT2D eigenvalue weighted by Gasteiger charge is 2.33. The molecule has 2 atom stereocenters. The predicted octanol–water partition coefficient (Wildman–Crippen LogP) is 2.56. The first-order chi connectivity index (χ1) is 10.00. The molecule has 0 radical (unpaired) electrons. The van der Waals surface area contributed by atoms with E-state index in [0.29, 0.717) is 17.4 Å². The molecule has 2 unspecified atom stereocenters. The van der Waals surface area contributed by atoms with Crippen LogP contribution in [0.25, 0.3) is 10.9 Å². The van der Waals surface area contributed by atoms with Crippen molar-refractivity contribution in [3.8, 4) is 0 Å². The molecular weight excluding hydrogens is 352 g/mol. The first-order valence-electron chi connectivity index (χ1n) is 7.17. The van der Waals surface area contributed by atoms with Gasteiger partial charge in [0.1, 0.15) is 0 Å². The van der Waals surface area contributed by atoms with Gasteiger partial charge >= 0.3 is 0 Å². The van der Waals surface area contributed by atoms with Crippen molar-refractivity contribution >= 4 is 36.7 Å². The van der Waals surface area contributed by atoms with Crippen LogP contribution in [0.1, 0.15) is 12.1 Å². The fraction of sp³-hybridized carbons (Fsp3) is 0.533. The fourth-order valence-corrected chi connectivity index (χ4v) is 5.91. The van der Waals surface area contributed by atoms with Gasteiger partial charge in [0.2, 0.25) is 0 Å². The molecule has 1 saturated heterocycles. The number of para-hydroxylation sites is 1. The van der Waals surface area contributed by atoms with Crippen molar-refractivity contribution < 1.29 is 8.42 Å². The van der Waals surface area contributed by atoms with Crippen molar-refractivity contribution in [1.82, 2.24) is 9.78 Å². The van der Waals surface area contributed by atoms with E-state index in [1.54, 1.807) is 0 Å². The maximum Gasteiger partial charge on any atom is 0.150 e. The zero-order valence-electron chi connectivity index (χ0n) is 12.0. The summed E-state index contributed by atoms with van der Waals surface area (Å²) in [4.78, 5) is 0. The summed E-state index contributed by atoms with van der Waals surface area (Å²) in [5, 5.41) is 6.62. The number of aryl methyl sites for hydroxylation is 1. The van der Waals surface area contributed by atoms with Crippen LogP contribution < -0.4 is 0 Å². The lowest BCUT2D eigenvalue weighted by atomic mass is 9.89. The van der Waals surface area contributed by atoms with Gasteiger partial charge in [-0.1, -0.05) is 34.1 Å². The average Bonchev–Trinajstić information content (AvgIpc) is 2.97. The normalized spacial score (nSPS) is 22.7. The summed E-state index contributed by atoms with van der Waals surface area (Å²) in [6.45, 7) is 0. The summed E-state index contributed by atoms with van der Waals surface area (Å²) < 4.78 is 25.3. The molecule has 3 rings (SSSR count).